The van der Waals surface area contributed by atoms with E-state index in [9.17, 15) is 19.5 Å². The van der Waals surface area contributed by atoms with E-state index in [1.807, 2.05) is 66.7 Å². The molecule has 61 heavy (non-hydrogen) atoms. The number of carbonyl (C=O) groups excluding carboxylic acids is 3. The van der Waals surface area contributed by atoms with Crippen molar-refractivity contribution in [1.29, 1.82) is 0 Å². The van der Waals surface area contributed by atoms with Gasteiger partial charge in [0.2, 0.25) is 0 Å². The largest absolute Gasteiger partial charge is 1.00 e. The van der Waals surface area contributed by atoms with E-state index in [4.69, 9.17) is 23.7 Å². The number of aliphatic hydroxyl groups is 1. The minimum Gasteiger partial charge on any atom is -0.554 e. The van der Waals surface area contributed by atoms with Crippen LogP contribution in [0.4, 0.5) is 9.59 Å². The molecule has 2 fully saturated rings. The van der Waals surface area contributed by atoms with Crippen molar-refractivity contribution in [3.05, 3.63) is 95.8 Å². The molecule has 0 heterocycles. The number of nitrogens with zero attached hydrogens (tertiary/aromatic N) is 2. The zero-order valence-corrected chi connectivity index (χ0v) is 40.3. The van der Waals surface area contributed by atoms with Gasteiger partial charge in [0.05, 0.1) is 40.1 Å². The van der Waals surface area contributed by atoms with E-state index < -0.39 is 5.60 Å². The van der Waals surface area contributed by atoms with Gasteiger partial charge in [0, 0.05) is 55.7 Å². The Kier molecular flexibility index (Phi) is 34.8. The van der Waals surface area contributed by atoms with Crippen LogP contribution in [0.3, 0.4) is 0 Å². The zero-order chi connectivity index (χ0) is 44.1. The summed E-state index contributed by atoms with van der Waals surface area (Å²) in [6.07, 6.45) is 8.89. The van der Waals surface area contributed by atoms with Gasteiger partial charge < -0.3 is 45.5 Å². The third-order valence-electron chi connectivity index (χ3n) is 9.73. The Balaban J connectivity index is 0. The maximum absolute atomic E-state index is 11.9. The van der Waals surface area contributed by atoms with Gasteiger partial charge in [-0.3, -0.25) is 4.79 Å². The summed E-state index contributed by atoms with van der Waals surface area (Å²) in [5.74, 6) is 2.76. The van der Waals surface area contributed by atoms with Crippen LogP contribution in [0.2, 0.25) is 0 Å². The van der Waals surface area contributed by atoms with Crippen LogP contribution in [0, 0.1) is 24.8 Å². The van der Waals surface area contributed by atoms with Gasteiger partial charge in [-0.05, 0) is 75.4 Å². The number of methoxy groups -OCH3 is 3. The second kappa shape index (κ2) is 35.4. The number of hydrogen-bond donors (Lipinski definition) is 1. The molecule has 2 saturated carbocycles. The predicted octanol–water partition coefficient (Wildman–Crippen LogP) is 4.58. The van der Waals surface area contributed by atoms with Crippen molar-refractivity contribution in [3.63, 3.8) is 0 Å². The molecule has 0 radical (unpaired) electrons. The monoisotopic (exact) mass is 898 g/mol. The van der Waals surface area contributed by atoms with Gasteiger partial charge in [-0.2, -0.15) is 24.6 Å². The Morgan fingerprint density at radius 3 is 1.82 bits per heavy atom. The molecule has 2 aliphatic carbocycles. The van der Waals surface area contributed by atoms with Gasteiger partial charge in [0.25, 0.3) is 0 Å². The summed E-state index contributed by atoms with van der Waals surface area (Å²) in [5.41, 5.74) is -0.0770. The zero-order valence-electron chi connectivity index (χ0n) is 38.7. The molecular weight excluding hydrogens is 830 g/mol. The van der Waals surface area contributed by atoms with E-state index in [1.54, 1.807) is 60.2 Å². The molecule has 3 aromatic carbocycles. The third kappa shape index (κ3) is 23.8. The topological polar surface area (TPSA) is 124 Å². The van der Waals surface area contributed by atoms with Crippen molar-refractivity contribution in [2.24, 2.45) is 11.8 Å². The summed E-state index contributed by atoms with van der Waals surface area (Å²) in [7, 11) is 8.32. The first kappa shape index (κ1) is 60.0. The minimum atomic E-state index is -0.937. The number of Topliss-reactive ketones (excluding diaryl/α,β-unsaturated/α-hetero) is 1. The smallest absolute Gasteiger partial charge is 0.554 e. The van der Waals surface area contributed by atoms with Crippen LogP contribution in [0.5, 0.6) is 17.2 Å². The quantitative estimate of drug-likeness (QED) is 0.218. The minimum absolute atomic E-state index is 0. The SMILES string of the molecule is CCOC(=O)N(C)CC1CCCCC1(O)c1cccc(OC)c1.CCOC(=O)N(C)CC1CCCCC1=O.COc1c[c-]ccc1.COc1cccc(Br)c1.[CH2-]CCC.[Li+].[Li+]. The van der Waals surface area contributed by atoms with Crippen LogP contribution in [0.15, 0.2) is 77.3 Å². The molecule has 330 valence electrons. The molecule has 5 rings (SSSR count). The van der Waals surface area contributed by atoms with Gasteiger partial charge >= 0.3 is 49.9 Å². The Labute approximate surface area is 399 Å². The number of unbranched alkanes of at least 4 members (excludes halogenated alkanes) is 1. The molecule has 0 aromatic heterocycles. The summed E-state index contributed by atoms with van der Waals surface area (Å²) < 4.78 is 26.1. The fraction of sp³-hybridized carbons (Fsp3) is 0.532. The number of benzene rings is 3. The van der Waals surface area contributed by atoms with Gasteiger partial charge in [-0.1, -0.05) is 66.7 Å². The average Bonchev–Trinajstić information content (AvgIpc) is 3.26. The van der Waals surface area contributed by atoms with Crippen LogP contribution in [0.1, 0.15) is 90.5 Å². The Hall–Kier alpha value is -3.10. The van der Waals surface area contributed by atoms with Crippen molar-refractivity contribution in [2.45, 2.75) is 90.6 Å². The van der Waals surface area contributed by atoms with Crippen LogP contribution in [-0.2, 0) is 19.9 Å². The number of ketones is 1. The molecular formula is C47H69BrLi2N2O9. The molecule has 0 saturated heterocycles. The third-order valence-corrected chi connectivity index (χ3v) is 10.2. The normalized spacial score (nSPS) is 17.3. The van der Waals surface area contributed by atoms with E-state index >= 15 is 0 Å². The number of carbonyl (C=O) groups is 3. The molecule has 0 aliphatic heterocycles. The number of rotatable bonds is 11. The van der Waals surface area contributed by atoms with Crippen LogP contribution in [-0.4, -0.2) is 94.6 Å². The molecule has 3 unspecified atom stereocenters. The Morgan fingerprint density at radius 2 is 1.34 bits per heavy atom. The number of ether oxygens (including phenoxy) is 5. The molecule has 3 atom stereocenters. The van der Waals surface area contributed by atoms with Gasteiger partial charge in [0.1, 0.15) is 17.3 Å². The van der Waals surface area contributed by atoms with Crippen molar-refractivity contribution >= 4 is 33.9 Å². The molecule has 3 aromatic rings. The fourth-order valence-electron chi connectivity index (χ4n) is 6.37. The van der Waals surface area contributed by atoms with Crippen molar-refractivity contribution in [3.8, 4) is 17.2 Å². The summed E-state index contributed by atoms with van der Waals surface area (Å²) in [6, 6.07) is 25.6. The van der Waals surface area contributed by atoms with E-state index in [0.717, 1.165) is 72.2 Å². The van der Waals surface area contributed by atoms with E-state index in [2.05, 4.69) is 35.8 Å². The summed E-state index contributed by atoms with van der Waals surface area (Å²) in [6.45, 7) is 11.0. The fourth-order valence-corrected chi connectivity index (χ4v) is 6.74. The summed E-state index contributed by atoms with van der Waals surface area (Å²) in [4.78, 5) is 37.8. The summed E-state index contributed by atoms with van der Waals surface area (Å²) >= 11 is 3.32. The van der Waals surface area contributed by atoms with Gasteiger partial charge in [0.15, 0.2) is 0 Å². The van der Waals surface area contributed by atoms with E-state index in [0.29, 0.717) is 39.1 Å². The van der Waals surface area contributed by atoms with Gasteiger partial charge in [-0.25, -0.2) is 9.59 Å². The number of hydrogen-bond acceptors (Lipinski definition) is 9. The molecule has 2 amide bonds. The van der Waals surface area contributed by atoms with Crippen LogP contribution < -0.4 is 51.9 Å². The van der Waals surface area contributed by atoms with Crippen LogP contribution >= 0.6 is 15.9 Å². The van der Waals surface area contributed by atoms with E-state index in [-0.39, 0.29) is 67.5 Å². The second-order valence-electron chi connectivity index (χ2n) is 14.1. The maximum atomic E-state index is 11.9. The molecule has 14 heteroatoms. The maximum Gasteiger partial charge on any atom is 1.00 e. The average molecular weight is 900 g/mol. The molecule has 2 aliphatic rings. The predicted molar refractivity (Wildman–Crippen MR) is 238 cm³/mol. The number of halogens is 1. The second-order valence-corrected chi connectivity index (χ2v) is 15.0. The molecule has 1 N–H and O–H groups in total. The van der Waals surface area contributed by atoms with Crippen molar-refractivity contribution in [1.82, 2.24) is 9.80 Å². The molecule has 0 bridgehead atoms. The number of amides is 2. The van der Waals surface area contributed by atoms with Crippen LogP contribution in [0.25, 0.3) is 0 Å². The Bertz CT molecular complexity index is 1610. The Morgan fingerprint density at radius 1 is 0.803 bits per heavy atom. The standard InChI is InChI=1S/C18H27NO4.C11H19NO3.C7H7BrO.C7H7O.C4H9.2Li/c1-4-23-17(20)19(2)13-15-8-5-6-11-18(15,21)14-9-7-10-16(12-14)22-3;1-3-15-11(14)12(2)8-9-6-4-5-7-10(9)13;1-9-7-4-2-3-6(8)5-7;1-8-7-5-3-2-4-6-7;1-3-4-2;;/h7,9-10,12,15,21H,4-6,8,11,13H2,1-3H3;9H,3-8H2,1-2H3;2-5H,1H3;2-3,5-6H,1H3;1,3-4H2,2H3;;/q;;;2*-1;2*+1. The first-order valence-corrected chi connectivity index (χ1v) is 21.4. The first-order chi connectivity index (χ1) is 28.3. The van der Waals surface area contributed by atoms with E-state index in [1.165, 1.54) is 11.3 Å². The molecule has 0 spiro atoms. The van der Waals surface area contributed by atoms with Gasteiger partial charge in [-0.15, -0.1) is 12.1 Å². The van der Waals surface area contributed by atoms with Crippen molar-refractivity contribution in [2.75, 3.05) is 61.7 Å². The van der Waals surface area contributed by atoms with Crippen molar-refractivity contribution < 1.29 is 80.9 Å². The first-order valence-electron chi connectivity index (χ1n) is 20.6. The molecule has 11 nitrogen and oxygen atoms in total. The summed E-state index contributed by atoms with van der Waals surface area (Å²) in [5, 5.41) is 11.3.